The minimum absolute atomic E-state index is 0. The molecule has 0 aliphatic carbocycles. The van der Waals surface area contributed by atoms with Gasteiger partial charge in [0, 0.05) is 58.9 Å². The van der Waals surface area contributed by atoms with Crippen LogP contribution in [0.2, 0.25) is 0 Å². The maximum absolute atomic E-state index is 4.29. The predicted octanol–water partition coefficient (Wildman–Crippen LogP) is 8.28. The van der Waals surface area contributed by atoms with Crippen molar-refractivity contribution in [3.8, 4) is 34.2 Å². The monoisotopic (exact) mass is 600 g/mol. The molecule has 0 bridgehead atoms. The molecule has 0 aromatic carbocycles. The number of aryl methyl sites for hydroxylation is 6. The van der Waals surface area contributed by atoms with Crippen LogP contribution >= 0.6 is 0 Å². The molecule has 6 heterocycles. The summed E-state index contributed by atoms with van der Waals surface area (Å²) in [5.74, 6) is 0. The molecule has 7 heteroatoms. The summed E-state index contributed by atoms with van der Waals surface area (Å²) < 4.78 is 0. The van der Waals surface area contributed by atoms with Gasteiger partial charge in [-0.3, -0.25) is 29.9 Å². The molecule has 0 spiro atoms. The molecule has 0 aliphatic rings. The van der Waals surface area contributed by atoms with Crippen molar-refractivity contribution >= 4 is 0 Å². The molecule has 6 aromatic heterocycles. The molecule has 0 atom stereocenters. The molecule has 214 valence electrons. The van der Waals surface area contributed by atoms with Gasteiger partial charge in [-0.1, -0.05) is 0 Å². The molecule has 0 radical (unpaired) electrons. The molecule has 0 fully saturated rings. The Balaban J connectivity index is 0.000000175. The Morgan fingerprint density at radius 3 is 0.535 bits per heavy atom. The van der Waals surface area contributed by atoms with Gasteiger partial charge in [0.1, 0.15) is 0 Å². The second-order valence-electron chi connectivity index (χ2n) is 10.3. The molecule has 0 saturated heterocycles. The number of rotatable bonds is 3. The van der Waals surface area contributed by atoms with E-state index in [1.54, 1.807) is 0 Å². The molecule has 0 aliphatic heterocycles. The van der Waals surface area contributed by atoms with Crippen LogP contribution in [-0.4, -0.2) is 29.9 Å². The van der Waals surface area contributed by atoms with Crippen molar-refractivity contribution in [2.24, 2.45) is 0 Å². The average molecular weight is 601 g/mol. The van der Waals surface area contributed by atoms with Crippen molar-refractivity contribution in [2.45, 2.75) is 41.5 Å². The minimum Gasteiger partial charge on any atom is -0.255 e. The number of pyridine rings is 6. The largest absolute Gasteiger partial charge is 0.255 e. The molecule has 0 amide bonds. The third-order valence-corrected chi connectivity index (χ3v) is 6.28. The molecule has 6 rings (SSSR count). The fourth-order valence-corrected chi connectivity index (χ4v) is 4.06. The van der Waals surface area contributed by atoms with E-state index >= 15 is 0 Å². The van der Waals surface area contributed by atoms with Crippen molar-refractivity contribution in [3.05, 3.63) is 143 Å². The number of aromatic nitrogens is 6. The van der Waals surface area contributed by atoms with E-state index in [2.05, 4.69) is 71.4 Å². The summed E-state index contributed by atoms with van der Waals surface area (Å²) in [5.41, 5.74) is 12.9. The van der Waals surface area contributed by atoms with Crippen LogP contribution in [0.15, 0.2) is 110 Å². The summed E-state index contributed by atoms with van der Waals surface area (Å²) in [4.78, 5) is 25.7. The smallest absolute Gasteiger partial charge is 0.0888 e. The van der Waals surface area contributed by atoms with Gasteiger partial charge >= 0.3 is 0 Å². The predicted molar refractivity (Wildman–Crippen MR) is 171 cm³/mol. The Morgan fingerprint density at radius 1 is 0.279 bits per heavy atom. The Bertz CT molecular complexity index is 1430. The Hall–Kier alpha value is -4.39. The van der Waals surface area contributed by atoms with Crippen molar-refractivity contribution < 1.29 is 21.7 Å². The van der Waals surface area contributed by atoms with Gasteiger partial charge in [-0.15, -0.1) is 0 Å². The quantitative estimate of drug-likeness (QED) is 0.190. The maximum atomic E-state index is 4.29. The molecule has 6 nitrogen and oxygen atoms in total. The standard InChI is InChI=1S/3C12H12N2.Ti/c3*1-9-3-5-13-11(7-9)12-8-10(2)4-6-14-12;/h3*3-8H,1-2H3;. The van der Waals surface area contributed by atoms with Crippen molar-refractivity contribution in [3.63, 3.8) is 0 Å². The van der Waals surface area contributed by atoms with Crippen LogP contribution in [0, 0.1) is 41.5 Å². The average Bonchev–Trinajstić information content (AvgIpc) is 2.98. The van der Waals surface area contributed by atoms with Crippen LogP contribution in [0.5, 0.6) is 0 Å². The van der Waals surface area contributed by atoms with Crippen molar-refractivity contribution in [1.29, 1.82) is 0 Å². The minimum atomic E-state index is 0. The van der Waals surface area contributed by atoms with Gasteiger partial charge in [0.2, 0.25) is 0 Å². The summed E-state index contributed by atoms with van der Waals surface area (Å²) in [7, 11) is 0. The topological polar surface area (TPSA) is 77.3 Å². The maximum Gasteiger partial charge on any atom is 0.0888 e. The van der Waals surface area contributed by atoms with Crippen LogP contribution in [0.1, 0.15) is 33.4 Å². The molecule has 6 aromatic rings. The summed E-state index contributed by atoms with van der Waals surface area (Å²) in [6.07, 6.45) is 10.9. The second-order valence-corrected chi connectivity index (χ2v) is 10.3. The first-order valence-corrected chi connectivity index (χ1v) is 13.8. The van der Waals surface area contributed by atoms with Crippen LogP contribution in [0.4, 0.5) is 0 Å². The van der Waals surface area contributed by atoms with E-state index < -0.39 is 0 Å². The zero-order chi connectivity index (χ0) is 29.9. The normalized spacial score (nSPS) is 9.91. The Labute approximate surface area is 269 Å². The molecular weight excluding hydrogens is 564 g/mol. The summed E-state index contributed by atoms with van der Waals surface area (Å²) in [5, 5.41) is 0. The SMILES string of the molecule is Cc1ccnc(-c2cc(C)ccn2)c1.Cc1ccnc(-c2cc(C)ccn2)c1.Cc1ccnc(-c2cc(C)ccn2)c1.[Ti]. The van der Waals surface area contributed by atoms with Gasteiger partial charge in [-0.2, -0.15) is 0 Å². The van der Waals surface area contributed by atoms with Crippen LogP contribution in [0.25, 0.3) is 34.2 Å². The van der Waals surface area contributed by atoms with E-state index in [0.29, 0.717) is 0 Å². The molecule has 43 heavy (non-hydrogen) atoms. The zero-order valence-corrected chi connectivity index (χ0v) is 27.1. The fraction of sp³-hybridized carbons (Fsp3) is 0.167. The van der Waals surface area contributed by atoms with E-state index in [-0.39, 0.29) is 21.7 Å². The van der Waals surface area contributed by atoms with Gasteiger partial charge in [0.15, 0.2) is 0 Å². The van der Waals surface area contributed by atoms with Crippen LogP contribution < -0.4 is 0 Å². The van der Waals surface area contributed by atoms with Crippen LogP contribution in [0.3, 0.4) is 0 Å². The Kier molecular flexibility index (Phi) is 12.6. The zero-order valence-electron chi connectivity index (χ0n) is 25.6. The number of hydrogen-bond acceptors (Lipinski definition) is 6. The molecule has 0 N–H and O–H groups in total. The third-order valence-electron chi connectivity index (χ3n) is 6.28. The van der Waals surface area contributed by atoms with E-state index in [0.717, 1.165) is 34.2 Å². The van der Waals surface area contributed by atoms with E-state index in [4.69, 9.17) is 0 Å². The third kappa shape index (κ3) is 10.4. The Morgan fingerprint density at radius 2 is 0.419 bits per heavy atom. The van der Waals surface area contributed by atoms with Gasteiger partial charge in [-0.25, -0.2) is 0 Å². The van der Waals surface area contributed by atoms with Crippen LogP contribution in [-0.2, 0) is 21.7 Å². The van der Waals surface area contributed by atoms with Crippen molar-refractivity contribution in [1.82, 2.24) is 29.9 Å². The summed E-state index contributed by atoms with van der Waals surface area (Å²) >= 11 is 0. The fourth-order valence-electron chi connectivity index (χ4n) is 4.06. The van der Waals surface area contributed by atoms with Crippen molar-refractivity contribution in [2.75, 3.05) is 0 Å². The summed E-state index contributed by atoms with van der Waals surface area (Å²) in [6.45, 7) is 12.3. The van der Waals surface area contributed by atoms with Gasteiger partial charge in [0.05, 0.1) is 34.2 Å². The van der Waals surface area contributed by atoms with Gasteiger partial charge in [0.25, 0.3) is 0 Å². The molecule has 0 saturated carbocycles. The van der Waals surface area contributed by atoms with Gasteiger partial charge < -0.3 is 0 Å². The van der Waals surface area contributed by atoms with E-state index in [1.807, 2.05) is 110 Å². The molecular formula is C36H36N6Ti. The first kappa shape index (κ1) is 33.1. The number of hydrogen-bond donors (Lipinski definition) is 0. The number of nitrogens with zero attached hydrogens (tertiary/aromatic N) is 6. The summed E-state index contributed by atoms with van der Waals surface area (Å²) in [6, 6.07) is 24.2. The second kappa shape index (κ2) is 16.3. The molecule has 0 unspecified atom stereocenters. The van der Waals surface area contributed by atoms with Gasteiger partial charge in [-0.05, 0) is 148 Å². The first-order valence-electron chi connectivity index (χ1n) is 13.8. The first-order chi connectivity index (χ1) is 20.3. The van der Waals surface area contributed by atoms with E-state index in [9.17, 15) is 0 Å². The van der Waals surface area contributed by atoms with E-state index in [1.165, 1.54) is 33.4 Å².